The summed E-state index contributed by atoms with van der Waals surface area (Å²) in [7, 11) is -4.94. The van der Waals surface area contributed by atoms with Crippen molar-refractivity contribution in [1.82, 2.24) is 0 Å². The fraction of sp³-hybridized carbons (Fsp3) is 0.545. The summed E-state index contributed by atoms with van der Waals surface area (Å²) in [5.74, 6) is 0. The third-order valence-corrected chi connectivity index (χ3v) is 2.05. The van der Waals surface area contributed by atoms with Crippen molar-refractivity contribution in [3.05, 3.63) is 30.6 Å². The van der Waals surface area contributed by atoms with E-state index in [-0.39, 0.29) is 0 Å². The quantitative estimate of drug-likeness (QED) is 0.445. The number of hydrogen-bond acceptors (Lipinski definition) is 4. The van der Waals surface area contributed by atoms with E-state index in [1.807, 2.05) is 0 Å². The Morgan fingerprint density at radius 2 is 1.41 bits per heavy atom. The lowest BCUT2D eigenvalue weighted by atomic mass is 10.2. The highest BCUT2D eigenvalue weighted by Crippen LogP contribution is 1.97. The van der Waals surface area contributed by atoms with Crippen molar-refractivity contribution in [3.8, 4) is 0 Å². The average Bonchev–Trinajstić information content (AvgIpc) is 2.24. The van der Waals surface area contributed by atoms with Gasteiger partial charge in [0.15, 0.2) is 12.4 Å². The smallest absolute Gasteiger partial charge is 0.168 e. The number of pyridine rings is 1. The zero-order chi connectivity index (χ0) is 13.1. The molecule has 1 heterocycles. The van der Waals surface area contributed by atoms with Crippen LogP contribution in [-0.2, 0) is 6.54 Å². The fourth-order valence-electron chi connectivity index (χ4n) is 1.30. The van der Waals surface area contributed by atoms with E-state index in [9.17, 15) is 0 Å². The second-order valence-corrected chi connectivity index (χ2v) is 4.31. The molecule has 0 aliphatic carbocycles. The molecule has 0 aromatic carbocycles. The first-order valence-electron chi connectivity index (χ1n) is 5.49. The van der Waals surface area contributed by atoms with Gasteiger partial charge >= 0.3 is 0 Å². The van der Waals surface area contributed by atoms with Crippen molar-refractivity contribution in [1.29, 1.82) is 0 Å². The topological polar surface area (TPSA) is 96.1 Å². The van der Waals surface area contributed by atoms with Crippen LogP contribution in [0.15, 0.2) is 30.6 Å². The van der Waals surface area contributed by atoms with Gasteiger partial charge in [0, 0.05) is 18.6 Å². The van der Waals surface area contributed by atoms with Crippen LogP contribution in [0.25, 0.3) is 0 Å². The summed E-state index contributed by atoms with van der Waals surface area (Å²) in [6.07, 6.45) is 9.62. The van der Waals surface area contributed by atoms with Crippen LogP contribution in [0.1, 0.15) is 32.6 Å². The fourth-order valence-corrected chi connectivity index (χ4v) is 1.30. The number of aryl methyl sites for hydroxylation is 1. The lowest BCUT2D eigenvalue weighted by Gasteiger charge is -2.17. The third-order valence-electron chi connectivity index (χ3n) is 2.05. The lowest BCUT2D eigenvalue weighted by Crippen LogP contribution is -2.68. The van der Waals surface area contributed by atoms with Crippen molar-refractivity contribution in [3.63, 3.8) is 0 Å². The summed E-state index contributed by atoms with van der Waals surface area (Å²) in [5.41, 5.74) is 0. The lowest BCUT2D eigenvalue weighted by molar-refractivity contribution is -2.00. The van der Waals surface area contributed by atoms with Crippen molar-refractivity contribution < 1.29 is 33.4 Å². The highest BCUT2D eigenvalue weighted by Gasteiger charge is 1.95. The van der Waals surface area contributed by atoms with E-state index in [0.717, 1.165) is 0 Å². The molecule has 98 valence electrons. The van der Waals surface area contributed by atoms with E-state index in [1.54, 1.807) is 0 Å². The molecule has 0 radical (unpaired) electrons. The molecule has 6 heteroatoms. The van der Waals surface area contributed by atoms with Crippen LogP contribution in [0.2, 0.25) is 0 Å². The van der Waals surface area contributed by atoms with Gasteiger partial charge in [-0.25, -0.2) is 23.2 Å². The van der Waals surface area contributed by atoms with E-state index >= 15 is 0 Å². The SMILES string of the molecule is CCCCCC[n+]1ccccc1.[O-][Cl+3]([O-])([O-])[O-]. The minimum absolute atomic E-state index is 1.17. The van der Waals surface area contributed by atoms with E-state index in [4.69, 9.17) is 18.6 Å². The molecule has 0 aliphatic heterocycles. The summed E-state index contributed by atoms with van der Waals surface area (Å²) in [6, 6.07) is 6.22. The predicted octanol–water partition coefficient (Wildman–Crippen LogP) is -2.20. The maximum absolute atomic E-state index is 8.49. The van der Waals surface area contributed by atoms with Crippen LogP contribution in [0, 0.1) is 10.2 Å². The van der Waals surface area contributed by atoms with Crippen LogP contribution < -0.4 is 23.2 Å². The molecular formula is C11H18ClNO4. The van der Waals surface area contributed by atoms with Crippen molar-refractivity contribution in [2.75, 3.05) is 0 Å². The first-order chi connectivity index (χ1) is 7.93. The molecule has 0 unspecified atom stereocenters. The molecule has 1 aromatic heterocycles. The van der Waals surface area contributed by atoms with Crippen LogP contribution in [0.4, 0.5) is 0 Å². The Kier molecular flexibility index (Phi) is 8.93. The summed E-state index contributed by atoms with van der Waals surface area (Å²) in [6.45, 7) is 3.41. The van der Waals surface area contributed by atoms with Gasteiger partial charge in [-0.2, -0.15) is 0 Å². The number of unbranched alkanes of at least 4 members (excludes halogenated alkanes) is 3. The Bertz CT molecular complexity index is 271. The second-order valence-electron chi connectivity index (χ2n) is 3.55. The van der Waals surface area contributed by atoms with Crippen LogP contribution in [-0.4, -0.2) is 0 Å². The van der Waals surface area contributed by atoms with E-state index in [1.165, 1.54) is 32.2 Å². The van der Waals surface area contributed by atoms with E-state index < -0.39 is 10.2 Å². The van der Waals surface area contributed by atoms with Crippen molar-refractivity contribution in [2.24, 2.45) is 0 Å². The summed E-state index contributed by atoms with van der Waals surface area (Å²) in [5, 5.41) is 0. The highest BCUT2D eigenvalue weighted by atomic mass is 35.7. The number of halogens is 1. The molecule has 0 amide bonds. The largest absolute Gasteiger partial charge is 0.222 e. The van der Waals surface area contributed by atoms with Gasteiger partial charge < -0.3 is 0 Å². The Morgan fingerprint density at radius 1 is 0.882 bits per heavy atom. The number of hydrogen-bond donors (Lipinski definition) is 0. The molecule has 1 aromatic rings. The first-order valence-corrected chi connectivity index (χ1v) is 6.72. The minimum atomic E-state index is -4.94. The molecule has 0 fully saturated rings. The van der Waals surface area contributed by atoms with Gasteiger partial charge in [-0.15, -0.1) is 10.2 Å². The maximum Gasteiger partial charge on any atom is 0.168 e. The van der Waals surface area contributed by atoms with Crippen molar-refractivity contribution in [2.45, 2.75) is 39.2 Å². The molecule has 0 atom stereocenters. The van der Waals surface area contributed by atoms with Crippen LogP contribution in [0.5, 0.6) is 0 Å². The molecule has 0 bridgehead atoms. The van der Waals surface area contributed by atoms with Gasteiger partial charge in [-0.1, -0.05) is 25.8 Å². The molecule has 0 saturated heterocycles. The number of aromatic nitrogens is 1. The van der Waals surface area contributed by atoms with Gasteiger partial charge in [0.1, 0.15) is 6.54 Å². The standard InChI is InChI=1S/C11H18N.ClHO4/c1-2-3-4-6-9-12-10-7-5-8-11-12;2-1(3,4)5/h5,7-8,10-11H,2-4,6,9H2,1H3;(H,2,3,4,5)/q+1;/p-1. The Hall–Kier alpha value is -0.720. The van der Waals surface area contributed by atoms with Gasteiger partial charge in [0.25, 0.3) is 0 Å². The predicted molar refractivity (Wildman–Crippen MR) is 50.8 cm³/mol. The monoisotopic (exact) mass is 263 g/mol. The third kappa shape index (κ3) is 15.3. The molecule has 0 spiro atoms. The molecule has 0 saturated carbocycles. The molecular weight excluding hydrogens is 246 g/mol. The Balaban J connectivity index is 0.000000437. The van der Waals surface area contributed by atoms with Crippen LogP contribution in [0.3, 0.4) is 0 Å². The summed E-state index contributed by atoms with van der Waals surface area (Å²) in [4.78, 5) is 0. The number of nitrogens with zero attached hydrogens (tertiary/aromatic N) is 1. The Labute approximate surface area is 104 Å². The van der Waals surface area contributed by atoms with Gasteiger partial charge in [-0.05, 0) is 6.42 Å². The maximum atomic E-state index is 8.49. The zero-order valence-corrected chi connectivity index (χ0v) is 10.6. The molecule has 17 heavy (non-hydrogen) atoms. The second kappa shape index (κ2) is 9.32. The molecule has 5 nitrogen and oxygen atoms in total. The number of rotatable bonds is 5. The average molecular weight is 264 g/mol. The highest BCUT2D eigenvalue weighted by molar-refractivity contribution is 4.83. The molecule has 0 aliphatic rings. The minimum Gasteiger partial charge on any atom is -0.222 e. The molecule has 0 N–H and O–H groups in total. The van der Waals surface area contributed by atoms with Gasteiger partial charge in [0.2, 0.25) is 0 Å². The summed E-state index contributed by atoms with van der Waals surface area (Å²) >= 11 is 0. The first kappa shape index (κ1) is 16.3. The van der Waals surface area contributed by atoms with E-state index in [2.05, 4.69) is 42.1 Å². The van der Waals surface area contributed by atoms with Crippen LogP contribution >= 0.6 is 0 Å². The van der Waals surface area contributed by atoms with Gasteiger partial charge in [0.05, 0.1) is 0 Å². The summed E-state index contributed by atoms with van der Waals surface area (Å²) < 4.78 is 36.2. The van der Waals surface area contributed by atoms with E-state index in [0.29, 0.717) is 0 Å². The Morgan fingerprint density at radius 3 is 1.88 bits per heavy atom. The van der Waals surface area contributed by atoms with Gasteiger partial charge in [-0.3, -0.25) is 0 Å². The normalized spacial score (nSPS) is 10.6. The van der Waals surface area contributed by atoms with Crippen molar-refractivity contribution >= 4 is 0 Å². The zero-order valence-electron chi connectivity index (χ0n) is 9.88. The molecule has 1 rings (SSSR count).